The maximum absolute atomic E-state index is 12.2. The van der Waals surface area contributed by atoms with Gasteiger partial charge in [-0.05, 0) is 32.6 Å². The van der Waals surface area contributed by atoms with Gasteiger partial charge >= 0.3 is 5.69 Å². The molecule has 0 saturated heterocycles. The summed E-state index contributed by atoms with van der Waals surface area (Å²) in [4.78, 5) is 26.1. The van der Waals surface area contributed by atoms with Crippen LogP contribution in [-0.4, -0.2) is 52.8 Å². The van der Waals surface area contributed by atoms with Crippen molar-refractivity contribution in [1.82, 2.24) is 9.55 Å². The van der Waals surface area contributed by atoms with Crippen LogP contribution in [0, 0.1) is 6.92 Å². The molecule has 30 heavy (non-hydrogen) atoms. The Morgan fingerprint density at radius 2 is 1.97 bits per heavy atom. The van der Waals surface area contributed by atoms with Crippen molar-refractivity contribution >= 4 is 0 Å². The summed E-state index contributed by atoms with van der Waals surface area (Å²) in [7, 11) is 0. The van der Waals surface area contributed by atoms with Crippen LogP contribution in [0.25, 0.3) is 0 Å². The van der Waals surface area contributed by atoms with E-state index < -0.39 is 23.0 Å². The van der Waals surface area contributed by atoms with Gasteiger partial charge in [0.1, 0.15) is 18.4 Å². The number of aliphatic hydroxyl groups is 1. The lowest BCUT2D eigenvalue weighted by Gasteiger charge is -2.39. The summed E-state index contributed by atoms with van der Waals surface area (Å²) in [5, 5.41) is 10.1. The molecule has 0 fully saturated rings. The van der Waals surface area contributed by atoms with Crippen molar-refractivity contribution in [2.24, 2.45) is 0 Å². The first-order valence-electron chi connectivity index (χ1n) is 10.8. The van der Waals surface area contributed by atoms with Gasteiger partial charge in [0.15, 0.2) is 0 Å². The molecule has 8 nitrogen and oxygen atoms in total. The minimum atomic E-state index is -0.964. The highest BCUT2D eigenvalue weighted by atomic mass is 16.6. The number of nitrogens with one attached hydrogen (secondary N) is 1. The number of rotatable bonds is 17. The maximum atomic E-state index is 12.2. The number of hydrogen-bond donors (Lipinski definition) is 2. The van der Waals surface area contributed by atoms with E-state index in [0.29, 0.717) is 31.6 Å². The number of aliphatic hydroxyl groups excluding tert-OH is 1. The molecule has 1 rings (SSSR count). The molecular formula is C22H38N2O6. The van der Waals surface area contributed by atoms with E-state index in [-0.39, 0.29) is 19.9 Å². The molecule has 2 N–H and O–H groups in total. The molecule has 0 aliphatic carbocycles. The third kappa shape index (κ3) is 8.18. The molecule has 1 heterocycles. The number of aromatic nitrogens is 2. The smallest absolute Gasteiger partial charge is 0.330 e. The molecular weight excluding hydrogens is 388 g/mol. The maximum Gasteiger partial charge on any atom is 0.330 e. The molecule has 172 valence electrons. The van der Waals surface area contributed by atoms with Crippen molar-refractivity contribution in [3.8, 4) is 0 Å². The second-order valence-corrected chi connectivity index (χ2v) is 7.51. The third-order valence-corrected chi connectivity index (χ3v) is 5.01. The molecule has 0 bridgehead atoms. The lowest BCUT2D eigenvalue weighted by atomic mass is 9.91. The molecule has 0 aromatic carbocycles. The first-order valence-corrected chi connectivity index (χ1v) is 10.8. The van der Waals surface area contributed by atoms with Gasteiger partial charge < -0.3 is 19.3 Å². The van der Waals surface area contributed by atoms with Crippen LogP contribution >= 0.6 is 0 Å². The normalized spacial score (nSPS) is 14.4. The molecule has 0 aliphatic heterocycles. The Morgan fingerprint density at radius 1 is 1.27 bits per heavy atom. The van der Waals surface area contributed by atoms with Gasteiger partial charge in [-0.2, -0.15) is 0 Å². The average Bonchev–Trinajstić information content (AvgIpc) is 2.73. The molecule has 0 spiro atoms. The third-order valence-electron chi connectivity index (χ3n) is 5.01. The van der Waals surface area contributed by atoms with Gasteiger partial charge in [-0.1, -0.05) is 32.8 Å². The zero-order valence-corrected chi connectivity index (χ0v) is 18.7. The van der Waals surface area contributed by atoms with Gasteiger partial charge in [0.25, 0.3) is 5.56 Å². The fraction of sp³-hybridized carbons (Fsp3) is 0.727. The molecule has 8 heteroatoms. The topological polar surface area (TPSA) is 103 Å². The van der Waals surface area contributed by atoms with E-state index in [1.807, 2.05) is 0 Å². The first kappa shape index (κ1) is 26.3. The first-order chi connectivity index (χ1) is 14.4. The second kappa shape index (κ2) is 14.3. The van der Waals surface area contributed by atoms with Crippen LogP contribution < -0.4 is 11.2 Å². The van der Waals surface area contributed by atoms with Gasteiger partial charge in [-0.3, -0.25) is 14.3 Å². The fourth-order valence-corrected chi connectivity index (χ4v) is 3.02. The van der Waals surface area contributed by atoms with E-state index in [4.69, 9.17) is 14.2 Å². The van der Waals surface area contributed by atoms with Crippen LogP contribution in [0.2, 0.25) is 0 Å². The molecule has 1 unspecified atom stereocenters. The predicted octanol–water partition coefficient (Wildman–Crippen LogP) is 2.52. The van der Waals surface area contributed by atoms with Gasteiger partial charge in [-0.25, -0.2) is 4.79 Å². The van der Waals surface area contributed by atoms with Gasteiger partial charge in [0, 0.05) is 25.0 Å². The van der Waals surface area contributed by atoms with Gasteiger partial charge in [0.05, 0.1) is 13.2 Å². The molecule has 1 aromatic rings. The van der Waals surface area contributed by atoms with Crippen LogP contribution in [0.4, 0.5) is 0 Å². The van der Waals surface area contributed by atoms with Crippen LogP contribution in [-0.2, 0) is 20.9 Å². The van der Waals surface area contributed by atoms with Crippen molar-refractivity contribution in [3.63, 3.8) is 0 Å². The summed E-state index contributed by atoms with van der Waals surface area (Å²) in [6.07, 6.45) is 7.51. The highest BCUT2D eigenvalue weighted by molar-refractivity contribution is 5.00. The standard InChI is InChI=1S/C22H38N2O6/c1-5-8-11-22(16-28-12-9-6-2,19(15-25)29-13-10-7-3)30-17-24-14-18(4)20(26)23-21(24)27/h5,14,19,25H,1,6-13,15-17H2,2-4H3,(H,23,26,27)/t19?,22-/m1/s1. The van der Waals surface area contributed by atoms with Crippen molar-refractivity contribution in [2.75, 3.05) is 26.4 Å². The lowest BCUT2D eigenvalue weighted by Crippen LogP contribution is -2.53. The minimum absolute atomic E-state index is 0.0988. The molecule has 2 atom stereocenters. The summed E-state index contributed by atoms with van der Waals surface area (Å²) >= 11 is 0. The Morgan fingerprint density at radius 3 is 2.60 bits per heavy atom. The molecule has 0 amide bonds. The summed E-state index contributed by atoms with van der Waals surface area (Å²) in [6.45, 7) is 10.5. The van der Waals surface area contributed by atoms with Gasteiger partial charge in [-0.15, -0.1) is 6.58 Å². The summed E-state index contributed by atoms with van der Waals surface area (Å²) in [5.74, 6) is 0. The largest absolute Gasteiger partial charge is 0.394 e. The van der Waals surface area contributed by atoms with E-state index in [9.17, 15) is 14.7 Å². The number of hydrogen-bond acceptors (Lipinski definition) is 6. The lowest BCUT2D eigenvalue weighted by molar-refractivity contribution is -0.205. The quantitative estimate of drug-likeness (QED) is 0.293. The highest BCUT2D eigenvalue weighted by Crippen LogP contribution is 2.27. The minimum Gasteiger partial charge on any atom is -0.394 e. The van der Waals surface area contributed by atoms with E-state index >= 15 is 0 Å². The Labute approximate surface area is 178 Å². The predicted molar refractivity (Wildman–Crippen MR) is 117 cm³/mol. The van der Waals surface area contributed by atoms with E-state index in [1.165, 1.54) is 10.8 Å². The second-order valence-electron chi connectivity index (χ2n) is 7.51. The van der Waals surface area contributed by atoms with Crippen molar-refractivity contribution < 1.29 is 19.3 Å². The molecule has 0 aliphatic rings. The number of aryl methyl sites for hydroxylation is 1. The number of unbranched alkanes of at least 4 members (excludes halogenated alkanes) is 2. The SMILES string of the molecule is C=CCC[C@](COCCCC)(OCn1cc(C)c(=O)[nH]c1=O)C(CO)OCCCC. The van der Waals surface area contributed by atoms with Crippen LogP contribution in [0.5, 0.6) is 0 Å². The number of ether oxygens (including phenoxy) is 3. The Hall–Kier alpha value is -1.74. The van der Waals surface area contributed by atoms with Crippen LogP contribution in [0.1, 0.15) is 57.9 Å². The monoisotopic (exact) mass is 426 g/mol. The van der Waals surface area contributed by atoms with Gasteiger partial charge in [0.2, 0.25) is 0 Å². The number of H-pyrrole nitrogens is 1. The average molecular weight is 427 g/mol. The van der Waals surface area contributed by atoms with Crippen molar-refractivity contribution in [1.29, 1.82) is 0 Å². The summed E-state index contributed by atoms with van der Waals surface area (Å²) in [6, 6.07) is 0. The summed E-state index contributed by atoms with van der Waals surface area (Å²) < 4.78 is 19.4. The van der Waals surface area contributed by atoms with Crippen LogP contribution in [0.15, 0.2) is 28.4 Å². The van der Waals surface area contributed by atoms with Crippen molar-refractivity contribution in [2.45, 2.75) is 77.7 Å². The van der Waals surface area contributed by atoms with Crippen LogP contribution in [0.3, 0.4) is 0 Å². The molecule has 0 saturated carbocycles. The fourth-order valence-electron chi connectivity index (χ4n) is 3.02. The van der Waals surface area contributed by atoms with Crippen molar-refractivity contribution in [3.05, 3.63) is 45.3 Å². The Bertz CT molecular complexity index is 729. The number of aromatic amines is 1. The number of allylic oxidation sites excluding steroid dienone is 1. The highest BCUT2D eigenvalue weighted by Gasteiger charge is 2.41. The van der Waals surface area contributed by atoms with E-state index in [0.717, 1.165) is 25.7 Å². The molecule has 1 aromatic heterocycles. The zero-order chi connectivity index (χ0) is 22.4. The van der Waals surface area contributed by atoms with E-state index in [2.05, 4.69) is 25.4 Å². The number of nitrogens with zero attached hydrogens (tertiary/aromatic N) is 1. The summed E-state index contributed by atoms with van der Waals surface area (Å²) in [5.41, 5.74) is -1.53. The molecule has 0 radical (unpaired) electrons. The Balaban J connectivity index is 3.14. The van der Waals surface area contributed by atoms with E-state index in [1.54, 1.807) is 13.0 Å². The Kier molecular flexibility index (Phi) is 12.5. The zero-order valence-electron chi connectivity index (χ0n) is 18.7.